The zero-order chi connectivity index (χ0) is 33.0. The van der Waals surface area contributed by atoms with Gasteiger partial charge in [-0.3, -0.25) is 14.4 Å². The molecule has 3 saturated carbocycles. The lowest BCUT2D eigenvalue weighted by Crippen LogP contribution is -2.57. The molecule has 250 valence electrons. The molecule has 1 aromatic heterocycles. The Bertz CT molecular complexity index is 1520. The van der Waals surface area contributed by atoms with E-state index in [4.69, 9.17) is 21.1 Å². The highest BCUT2D eigenvalue weighted by atomic mass is 35.5. The Balaban J connectivity index is 1.37. The number of amides is 2. The van der Waals surface area contributed by atoms with E-state index < -0.39 is 29.4 Å². The minimum absolute atomic E-state index is 0.00658. The van der Waals surface area contributed by atoms with Gasteiger partial charge in [0.25, 0.3) is 6.43 Å². The van der Waals surface area contributed by atoms with Crippen molar-refractivity contribution in [3.8, 4) is 5.75 Å². The van der Waals surface area contributed by atoms with Crippen LogP contribution in [-0.4, -0.2) is 67.8 Å². The number of carbonyl (C=O) groups excluding carboxylic acids is 3. The topological polar surface area (TPSA) is 107 Å². The van der Waals surface area contributed by atoms with Crippen molar-refractivity contribution in [3.05, 3.63) is 39.7 Å². The summed E-state index contributed by atoms with van der Waals surface area (Å²) in [6, 6.07) is 2.77. The van der Waals surface area contributed by atoms with Crippen LogP contribution in [0.3, 0.4) is 0 Å². The first-order valence-corrected chi connectivity index (χ1v) is 16.6. The molecule has 0 spiro atoms. The highest BCUT2D eigenvalue weighted by molar-refractivity contribution is 6.31. The summed E-state index contributed by atoms with van der Waals surface area (Å²) >= 11 is 6.74. The third-order valence-electron chi connectivity index (χ3n) is 10.3. The smallest absolute Gasteiger partial charge is 0.313 e. The summed E-state index contributed by atoms with van der Waals surface area (Å²) in [4.78, 5) is 45.1. The molecular formula is C33H42ClF2N5O5. The van der Waals surface area contributed by atoms with Crippen LogP contribution in [0.25, 0.3) is 0 Å². The zero-order valence-electron chi connectivity index (χ0n) is 26.9. The van der Waals surface area contributed by atoms with Crippen LogP contribution >= 0.6 is 11.6 Å². The number of likely N-dealkylation sites (tertiary alicyclic amines) is 1. The van der Waals surface area contributed by atoms with Crippen molar-refractivity contribution in [1.29, 1.82) is 0 Å². The predicted molar refractivity (Wildman–Crippen MR) is 164 cm³/mol. The number of alkyl halides is 2. The van der Waals surface area contributed by atoms with E-state index in [1.807, 2.05) is 25.7 Å². The molecule has 5 aliphatic rings. The van der Waals surface area contributed by atoms with Crippen LogP contribution in [0.1, 0.15) is 101 Å². The molecule has 1 unspecified atom stereocenters. The molecule has 3 heterocycles. The van der Waals surface area contributed by atoms with E-state index in [1.165, 1.54) is 7.05 Å². The van der Waals surface area contributed by atoms with Crippen molar-refractivity contribution in [2.24, 2.45) is 24.3 Å². The summed E-state index contributed by atoms with van der Waals surface area (Å²) in [5.74, 6) is -0.245. The third kappa shape index (κ3) is 5.97. The molecule has 7 rings (SSSR count). The lowest BCUT2D eigenvalue weighted by Gasteiger charge is -2.52. The first kappa shape index (κ1) is 32.7. The molecule has 2 amide bonds. The fourth-order valence-corrected chi connectivity index (χ4v) is 8.25. The Kier molecular flexibility index (Phi) is 8.80. The quantitative estimate of drug-likeness (QED) is 0.341. The molecule has 1 saturated heterocycles. The minimum Gasteiger partial charge on any atom is -0.487 e. The van der Waals surface area contributed by atoms with Gasteiger partial charge >= 0.3 is 5.97 Å². The number of halogens is 3. The molecule has 2 aromatic rings. The van der Waals surface area contributed by atoms with Gasteiger partial charge in [0.2, 0.25) is 11.8 Å². The van der Waals surface area contributed by atoms with Crippen molar-refractivity contribution in [2.45, 2.75) is 96.8 Å². The Morgan fingerprint density at radius 3 is 2.54 bits per heavy atom. The Hall–Kier alpha value is -3.28. The van der Waals surface area contributed by atoms with Gasteiger partial charge in [-0.25, -0.2) is 13.5 Å². The number of ether oxygens (including phenoxy) is 2. The van der Waals surface area contributed by atoms with Crippen molar-refractivity contribution < 1.29 is 32.6 Å². The molecule has 10 nitrogen and oxygen atoms in total. The number of fused-ring (bicyclic) bond motifs is 4. The first-order valence-electron chi connectivity index (χ1n) is 16.2. The summed E-state index contributed by atoms with van der Waals surface area (Å²) in [5, 5.41) is 8.13. The normalized spacial score (nSPS) is 26.1. The fourth-order valence-electron chi connectivity index (χ4n) is 7.99. The fraction of sp³-hybridized carbons (Fsp3) is 0.667. The zero-order valence-corrected chi connectivity index (χ0v) is 27.6. The minimum atomic E-state index is -2.79. The van der Waals surface area contributed by atoms with Gasteiger partial charge in [0.1, 0.15) is 29.3 Å². The molecule has 2 aliphatic heterocycles. The summed E-state index contributed by atoms with van der Waals surface area (Å²) in [6.07, 6.45) is 2.39. The van der Waals surface area contributed by atoms with Gasteiger partial charge in [-0.15, -0.1) is 5.10 Å². The monoisotopic (exact) mass is 661 g/mol. The molecule has 4 fully saturated rings. The molecule has 2 atom stereocenters. The number of nitrogens with zero attached hydrogens (tertiary/aromatic N) is 5. The van der Waals surface area contributed by atoms with E-state index in [1.54, 1.807) is 17.0 Å². The van der Waals surface area contributed by atoms with E-state index >= 15 is 0 Å². The second kappa shape index (κ2) is 12.4. The molecule has 0 N–H and O–H groups in total. The van der Waals surface area contributed by atoms with Crippen LogP contribution in [0.2, 0.25) is 5.02 Å². The van der Waals surface area contributed by atoms with Crippen molar-refractivity contribution in [3.63, 3.8) is 0 Å². The molecule has 1 aromatic carbocycles. The highest BCUT2D eigenvalue weighted by Gasteiger charge is 2.58. The summed E-state index contributed by atoms with van der Waals surface area (Å²) in [7, 11) is 1.40. The van der Waals surface area contributed by atoms with Gasteiger partial charge in [0.15, 0.2) is 0 Å². The second-order valence-electron chi connectivity index (χ2n) is 14.2. The third-order valence-corrected chi connectivity index (χ3v) is 10.6. The van der Waals surface area contributed by atoms with Crippen LogP contribution in [-0.2, 0) is 39.2 Å². The van der Waals surface area contributed by atoms with Gasteiger partial charge in [-0.2, -0.15) is 0 Å². The number of esters is 1. The average molecular weight is 662 g/mol. The van der Waals surface area contributed by atoms with Gasteiger partial charge < -0.3 is 19.3 Å². The van der Waals surface area contributed by atoms with Gasteiger partial charge in [0.05, 0.1) is 17.4 Å². The number of hydrogen-bond donors (Lipinski definition) is 0. The summed E-state index contributed by atoms with van der Waals surface area (Å²) < 4.78 is 40.7. The maximum absolute atomic E-state index is 14.8. The molecule has 3 aliphatic carbocycles. The van der Waals surface area contributed by atoms with Crippen molar-refractivity contribution in [1.82, 2.24) is 24.8 Å². The maximum Gasteiger partial charge on any atom is 0.313 e. The molecule has 46 heavy (non-hydrogen) atoms. The number of rotatable bonds is 8. The molecular weight excluding hydrogens is 620 g/mol. The number of aryl methyl sites for hydroxylation is 1. The van der Waals surface area contributed by atoms with Crippen LogP contribution in [0.15, 0.2) is 12.1 Å². The second-order valence-corrected chi connectivity index (χ2v) is 14.6. The van der Waals surface area contributed by atoms with Crippen LogP contribution in [0.5, 0.6) is 5.75 Å². The lowest BCUT2D eigenvalue weighted by atomic mass is 9.54. The van der Waals surface area contributed by atoms with Crippen LogP contribution in [0, 0.1) is 17.3 Å². The number of benzene rings is 1. The number of aromatic nitrogens is 3. The lowest BCUT2D eigenvalue weighted by molar-refractivity contribution is -0.185. The van der Waals surface area contributed by atoms with Gasteiger partial charge in [-0.05, 0) is 89.3 Å². The Morgan fingerprint density at radius 2 is 1.89 bits per heavy atom. The number of hydrogen-bond acceptors (Lipinski definition) is 7. The number of carbonyl (C=O) groups is 3. The first-order chi connectivity index (χ1) is 21.8. The SMILES string of the molecule is Cn1nnc(COc2ccc(Cl)c3c2[C@@H](CN2CCCC2=O)N(C(=O)C2CC4CCC2(C(=O)OC(C)(C)C)CC4)CC3)c1C(F)F. The van der Waals surface area contributed by atoms with Crippen molar-refractivity contribution in [2.75, 3.05) is 19.6 Å². The maximum atomic E-state index is 14.8. The van der Waals surface area contributed by atoms with Crippen LogP contribution < -0.4 is 4.74 Å². The Morgan fingerprint density at radius 1 is 1.15 bits per heavy atom. The average Bonchev–Trinajstić information content (AvgIpc) is 3.60. The van der Waals surface area contributed by atoms with E-state index in [0.717, 1.165) is 29.5 Å². The van der Waals surface area contributed by atoms with Gasteiger partial charge in [-0.1, -0.05) is 16.8 Å². The highest BCUT2D eigenvalue weighted by Crippen LogP contribution is 2.56. The molecule has 2 bridgehead atoms. The van der Waals surface area contributed by atoms with E-state index in [9.17, 15) is 23.2 Å². The van der Waals surface area contributed by atoms with Crippen LogP contribution in [0.4, 0.5) is 8.78 Å². The summed E-state index contributed by atoms with van der Waals surface area (Å²) in [5.41, 5.74) is -0.472. The standard InChI is InChI=1S/C33H42ClF2N5O5/c1-32(2,3)46-31(44)33-12-9-19(10-13-33)16-21(33)30(43)41-15-11-20-22(34)7-8-25(27(20)24(41)17-40-14-5-6-26(40)42)45-18-23-28(29(35)36)39(4)38-37-23/h7-8,19,21,24,29H,5-6,9-18H2,1-4H3/t19?,21?,24-,33?/m1/s1. The Labute approximate surface area is 272 Å². The molecule has 0 radical (unpaired) electrons. The largest absolute Gasteiger partial charge is 0.487 e. The summed E-state index contributed by atoms with van der Waals surface area (Å²) in [6.45, 7) is 6.41. The molecule has 13 heteroatoms. The van der Waals surface area contributed by atoms with Gasteiger partial charge in [0, 0.05) is 43.7 Å². The van der Waals surface area contributed by atoms with E-state index in [0.29, 0.717) is 67.4 Å². The van der Waals surface area contributed by atoms with E-state index in [2.05, 4.69) is 10.3 Å². The predicted octanol–water partition coefficient (Wildman–Crippen LogP) is 5.57. The van der Waals surface area contributed by atoms with E-state index in [-0.39, 0.29) is 42.3 Å². The van der Waals surface area contributed by atoms with Crippen molar-refractivity contribution >= 4 is 29.4 Å².